The van der Waals surface area contributed by atoms with Crippen LogP contribution in [-0.2, 0) is 23.1 Å². The summed E-state index contributed by atoms with van der Waals surface area (Å²) in [6.45, 7) is 1.79. The highest BCUT2D eigenvalue weighted by Gasteiger charge is 2.58. The van der Waals surface area contributed by atoms with Crippen LogP contribution in [-0.4, -0.2) is 73.2 Å². The molecular weight excluding hydrogens is 408 g/mol. The molecule has 164 valence electrons. The summed E-state index contributed by atoms with van der Waals surface area (Å²) in [5.41, 5.74) is 0.871. The van der Waals surface area contributed by atoms with Gasteiger partial charge in [0.05, 0.1) is 25.4 Å². The van der Waals surface area contributed by atoms with Crippen LogP contribution in [0.4, 0.5) is 0 Å². The third-order valence-corrected chi connectivity index (χ3v) is 6.15. The Labute approximate surface area is 185 Å². The summed E-state index contributed by atoms with van der Waals surface area (Å²) in [5, 5.41) is 4.25. The summed E-state index contributed by atoms with van der Waals surface area (Å²) in [6.07, 6.45) is 6.89. The van der Waals surface area contributed by atoms with Gasteiger partial charge >= 0.3 is 0 Å². The highest BCUT2D eigenvalue weighted by molar-refractivity contribution is 5.95. The minimum Gasteiger partial charge on any atom is -0.361 e. The van der Waals surface area contributed by atoms with Crippen LogP contribution in [0.1, 0.15) is 27.7 Å². The van der Waals surface area contributed by atoms with Crippen LogP contribution >= 0.6 is 0 Å². The summed E-state index contributed by atoms with van der Waals surface area (Å²) in [7, 11) is 1.77. The van der Waals surface area contributed by atoms with Gasteiger partial charge in [-0.1, -0.05) is 12.1 Å². The van der Waals surface area contributed by atoms with E-state index in [1.54, 1.807) is 52.4 Å². The number of ether oxygens (including phenoxy) is 1. The van der Waals surface area contributed by atoms with E-state index in [0.717, 1.165) is 11.3 Å². The number of hydrogen-bond acceptors (Lipinski definition) is 6. The highest BCUT2D eigenvalue weighted by atomic mass is 16.5. The predicted molar refractivity (Wildman–Crippen MR) is 114 cm³/mol. The smallest absolute Gasteiger partial charge is 0.274 e. The van der Waals surface area contributed by atoms with Gasteiger partial charge in [0.25, 0.3) is 11.8 Å². The predicted octanol–water partition coefficient (Wildman–Crippen LogP) is 1.25. The molecule has 0 unspecified atom stereocenters. The first-order chi connectivity index (χ1) is 15.6. The summed E-state index contributed by atoms with van der Waals surface area (Å²) in [4.78, 5) is 39.1. The first-order valence-electron chi connectivity index (χ1n) is 10.6. The van der Waals surface area contributed by atoms with Gasteiger partial charge < -0.3 is 14.5 Å². The van der Waals surface area contributed by atoms with E-state index >= 15 is 0 Å². The van der Waals surface area contributed by atoms with Gasteiger partial charge in [-0.3, -0.25) is 24.2 Å². The molecule has 2 saturated heterocycles. The van der Waals surface area contributed by atoms with Crippen LogP contribution in [0.25, 0.3) is 0 Å². The average molecular weight is 432 g/mol. The quantitative estimate of drug-likeness (QED) is 0.616. The van der Waals surface area contributed by atoms with Gasteiger partial charge in [0.2, 0.25) is 0 Å². The Kier molecular flexibility index (Phi) is 5.18. The third-order valence-electron chi connectivity index (χ3n) is 6.15. The molecule has 0 N–H and O–H groups in total. The van der Waals surface area contributed by atoms with Crippen molar-refractivity contribution in [3.05, 3.63) is 78.1 Å². The number of carbonyl (C=O) groups excluding carboxylic acids is 2. The van der Waals surface area contributed by atoms with Gasteiger partial charge in [-0.05, 0) is 29.8 Å². The molecule has 3 aromatic rings. The molecule has 32 heavy (non-hydrogen) atoms. The van der Waals surface area contributed by atoms with Crippen LogP contribution in [0, 0.1) is 0 Å². The lowest BCUT2D eigenvalue weighted by Gasteiger charge is -2.42. The van der Waals surface area contributed by atoms with E-state index < -0.39 is 5.60 Å². The highest BCUT2D eigenvalue weighted by Crippen LogP contribution is 2.42. The van der Waals surface area contributed by atoms with E-state index in [2.05, 4.69) is 15.1 Å². The van der Waals surface area contributed by atoms with Crippen LogP contribution in [0.3, 0.4) is 0 Å². The van der Waals surface area contributed by atoms with Crippen LogP contribution < -0.4 is 0 Å². The molecule has 0 aromatic carbocycles. The Morgan fingerprint density at radius 3 is 2.84 bits per heavy atom. The molecule has 3 aromatic heterocycles. The van der Waals surface area contributed by atoms with Crippen LogP contribution in [0.2, 0.25) is 0 Å². The second-order valence-electron chi connectivity index (χ2n) is 8.19. The molecule has 9 nitrogen and oxygen atoms in total. The molecule has 0 bridgehead atoms. The van der Waals surface area contributed by atoms with Crippen molar-refractivity contribution in [2.45, 2.75) is 18.1 Å². The fraction of sp³-hybridized carbons (Fsp3) is 0.348. The van der Waals surface area contributed by atoms with E-state index in [1.807, 2.05) is 30.3 Å². The molecule has 1 spiro atoms. The summed E-state index contributed by atoms with van der Waals surface area (Å²) in [5.74, 6) is -0.669. The maximum absolute atomic E-state index is 13.8. The zero-order chi connectivity index (χ0) is 22.1. The second-order valence-corrected chi connectivity index (χ2v) is 8.19. The number of nitrogens with zero attached hydrogens (tertiary/aromatic N) is 6. The SMILES string of the molecule is Cn1ccc(C(=O)N2C[C@H](c3cccnc3)[C@@]3(C2)OCCN(Cc2ccccn2)C3=O)n1. The topological polar surface area (TPSA) is 93.5 Å². The van der Waals surface area contributed by atoms with Crippen molar-refractivity contribution in [3.63, 3.8) is 0 Å². The van der Waals surface area contributed by atoms with Crippen molar-refractivity contribution in [3.8, 4) is 0 Å². The van der Waals surface area contributed by atoms with Gasteiger partial charge in [0.1, 0.15) is 5.69 Å². The van der Waals surface area contributed by atoms with E-state index in [-0.39, 0.29) is 24.3 Å². The maximum Gasteiger partial charge on any atom is 0.274 e. The lowest BCUT2D eigenvalue weighted by molar-refractivity contribution is -0.172. The molecule has 2 amide bonds. The van der Waals surface area contributed by atoms with E-state index in [1.165, 1.54) is 0 Å². The Morgan fingerprint density at radius 2 is 2.12 bits per heavy atom. The molecule has 2 atom stereocenters. The van der Waals surface area contributed by atoms with Gasteiger partial charge in [-0.15, -0.1) is 0 Å². The Hall–Kier alpha value is -3.59. The van der Waals surface area contributed by atoms with Crippen LogP contribution in [0.15, 0.2) is 61.2 Å². The van der Waals surface area contributed by atoms with Crippen molar-refractivity contribution >= 4 is 11.8 Å². The fourth-order valence-electron chi connectivity index (χ4n) is 4.60. The Morgan fingerprint density at radius 1 is 1.22 bits per heavy atom. The monoisotopic (exact) mass is 432 g/mol. The van der Waals surface area contributed by atoms with Crippen molar-refractivity contribution in [2.24, 2.45) is 7.05 Å². The Balaban J connectivity index is 1.48. The van der Waals surface area contributed by atoms with E-state index in [9.17, 15) is 9.59 Å². The minimum atomic E-state index is -1.17. The second kappa shape index (κ2) is 8.16. The van der Waals surface area contributed by atoms with Crippen molar-refractivity contribution in [1.82, 2.24) is 29.5 Å². The first kappa shape index (κ1) is 20.3. The zero-order valence-electron chi connectivity index (χ0n) is 17.8. The van der Waals surface area contributed by atoms with E-state index in [4.69, 9.17) is 4.74 Å². The van der Waals surface area contributed by atoms with Gasteiger partial charge in [-0.25, -0.2) is 0 Å². The van der Waals surface area contributed by atoms with Crippen molar-refractivity contribution in [1.29, 1.82) is 0 Å². The standard InChI is InChI=1S/C23H24N6O3/c1-27-10-7-20(26-27)21(30)29-15-19(17-5-4-8-24-13-17)23(16-29)22(31)28(11-12-32-23)14-18-6-2-3-9-25-18/h2-10,13,19H,11-12,14-16H2,1H3/t19-,23-/m1/s1. The molecule has 5 heterocycles. The number of amides is 2. The lowest BCUT2D eigenvalue weighted by Crippen LogP contribution is -2.60. The minimum absolute atomic E-state index is 0.125. The van der Waals surface area contributed by atoms with Crippen molar-refractivity contribution < 1.29 is 14.3 Å². The lowest BCUT2D eigenvalue weighted by atomic mass is 9.83. The number of rotatable bonds is 4. The summed E-state index contributed by atoms with van der Waals surface area (Å²) >= 11 is 0. The van der Waals surface area contributed by atoms with Crippen molar-refractivity contribution in [2.75, 3.05) is 26.2 Å². The molecule has 0 radical (unpaired) electrons. The summed E-state index contributed by atoms with van der Waals surface area (Å²) < 4.78 is 7.83. The van der Waals surface area contributed by atoms with Gasteiger partial charge in [-0.2, -0.15) is 5.10 Å². The molecule has 2 aliphatic heterocycles. The third kappa shape index (κ3) is 3.54. The molecule has 0 saturated carbocycles. The number of aromatic nitrogens is 4. The molecule has 0 aliphatic carbocycles. The Bertz CT molecular complexity index is 1120. The molecule has 2 aliphatic rings. The fourth-order valence-corrected chi connectivity index (χ4v) is 4.60. The number of morpholine rings is 1. The molecule has 5 rings (SSSR count). The van der Waals surface area contributed by atoms with Gasteiger partial charge in [0, 0.05) is 50.8 Å². The molecule has 2 fully saturated rings. The number of hydrogen-bond donors (Lipinski definition) is 0. The zero-order valence-corrected chi connectivity index (χ0v) is 17.8. The number of pyridine rings is 2. The molecule has 9 heteroatoms. The number of likely N-dealkylation sites (tertiary alicyclic amines) is 1. The maximum atomic E-state index is 13.8. The van der Waals surface area contributed by atoms with E-state index in [0.29, 0.717) is 31.9 Å². The summed E-state index contributed by atoms with van der Waals surface area (Å²) in [6, 6.07) is 11.1. The molecular formula is C23H24N6O3. The normalized spacial score (nSPS) is 23.2. The first-order valence-corrected chi connectivity index (χ1v) is 10.6. The largest absolute Gasteiger partial charge is 0.361 e. The average Bonchev–Trinajstić information content (AvgIpc) is 3.42. The van der Waals surface area contributed by atoms with Gasteiger partial charge in [0.15, 0.2) is 5.60 Å². The number of carbonyl (C=O) groups is 2. The van der Waals surface area contributed by atoms with Crippen LogP contribution in [0.5, 0.6) is 0 Å². The number of aryl methyl sites for hydroxylation is 1.